The van der Waals surface area contributed by atoms with Gasteiger partial charge in [0.25, 0.3) is 0 Å². The zero-order valence-electron chi connectivity index (χ0n) is 9.43. The Labute approximate surface area is 96.2 Å². The molecule has 1 fully saturated rings. The summed E-state index contributed by atoms with van der Waals surface area (Å²) in [5, 5.41) is 0. The number of nitrogens with two attached hydrogens (primary N) is 1. The molecule has 0 spiro atoms. The average molecular weight is 218 g/mol. The van der Waals surface area contributed by atoms with Crippen LogP contribution in [0.25, 0.3) is 0 Å². The average Bonchev–Trinajstić information content (AvgIpc) is 2.79. The molecule has 1 amide bonds. The highest BCUT2D eigenvalue weighted by atomic mass is 16.2. The molecular formula is C13H18N2O. The quantitative estimate of drug-likeness (QED) is 0.824. The fraction of sp³-hybridized carbons (Fsp3) is 0.462. The van der Waals surface area contributed by atoms with Gasteiger partial charge >= 0.3 is 0 Å². The SMILES string of the molecule is NC[C@@H]1CCN(C(=O)Cc2ccccc2)C1. The van der Waals surface area contributed by atoms with E-state index < -0.39 is 0 Å². The molecule has 2 N–H and O–H groups in total. The van der Waals surface area contributed by atoms with Crippen molar-refractivity contribution in [2.45, 2.75) is 12.8 Å². The van der Waals surface area contributed by atoms with Crippen molar-refractivity contribution in [3.8, 4) is 0 Å². The lowest BCUT2D eigenvalue weighted by atomic mass is 10.1. The highest BCUT2D eigenvalue weighted by molar-refractivity contribution is 5.79. The number of likely N-dealkylation sites (tertiary alicyclic amines) is 1. The van der Waals surface area contributed by atoms with Crippen LogP contribution >= 0.6 is 0 Å². The molecule has 0 aliphatic carbocycles. The Morgan fingerprint density at radius 2 is 2.12 bits per heavy atom. The molecule has 86 valence electrons. The highest BCUT2D eigenvalue weighted by Crippen LogP contribution is 2.16. The van der Waals surface area contributed by atoms with Gasteiger partial charge in [-0.1, -0.05) is 30.3 Å². The van der Waals surface area contributed by atoms with E-state index in [1.807, 2.05) is 35.2 Å². The summed E-state index contributed by atoms with van der Waals surface area (Å²) < 4.78 is 0. The zero-order valence-corrected chi connectivity index (χ0v) is 9.43. The Morgan fingerprint density at radius 1 is 1.38 bits per heavy atom. The minimum atomic E-state index is 0.224. The Morgan fingerprint density at radius 3 is 2.75 bits per heavy atom. The molecule has 1 aliphatic rings. The molecule has 3 nitrogen and oxygen atoms in total. The van der Waals surface area contributed by atoms with E-state index in [9.17, 15) is 4.79 Å². The van der Waals surface area contributed by atoms with Crippen molar-refractivity contribution in [3.63, 3.8) is 0 Å². The summed E-state index contributed by atoms with van der Waals surface area (Å²) in [7, 11) is 0. The molecule has 1 aliphatic heterocycles. The lowest BCUT2D eigenvalue weighted by molar-refractivity contribution is -0.129. The first kappa shape index (κ1) is 11.1. The first-order valence-corrected chi connectivity index (χ1v) is 5.81. The summed E-state index contributed by atoms with van der Waals surface area (Å²) in [6, 6.07) is 9.89. The third-order valence-electron chi connectivity index (χ3n) is 3.17. The van der Waals surface area contributed by atoms with Gasteiger partial charge in [-0.25, -0.2) is 0 Å². The Hall–Kier alpha value is -1.35. The number of carbonyl (C=O) groups is 1. The number of hydrogen-bond donors (Lipinski definition) is 1. The Kier molecular flexibility index (Phi) is 3.57. The van der Waals surface area contributed by atoms with Crippen molar-refractivity contribution in [2.24, 2.45) is 11.7 Å². The summed E-state index contributed by atoms with van der Waals surface area (Å²) in [6.07, 6.45) is 1.56. The van der Waals surface area contributed by atoms with Crippen LogP contribution in [0, 0.1) is 5.92 Å². The second-order valence-corrected chi connectivity index (χ2v) is 4.39. The molecule has 0 saturated carbocycles. The van der Waals surface area contributed by atoms with Gasteiger partial charge in [-0.05, 0) is 24.4 Å². The predicted octanol–water partition coefficient (Wildman–Crippen LogP) is 1.04. The van der Waals surface area contributed by atoms with Crippen LogP contribution in [0.5, 0.6) is 0 Å². The van der Waals surface area contributed by atoms with E-state index >= 15 is 0 Å². The molecule has 1 saturated heterocycles. The van der Waals surface area contributed by atoms with Crippen molar-refractivity contribution < 1.29 is 4.79 Å². The van der Waals surface area contributed by atoms with Crippen LogP contribution in [-0.4, -0.2) is 30.4 Å². The fourth-order valence-electron chi connectivity index (χ4n) is 2.13. The fourth-order valence-corrected chi connectivity index (χ4v) is 2.13. The molecule has 16 heavy (non-hydrogen) atoms. The maximum atomic E-state index is 12.0. The lowest BCUT2D eigenvalue weighted by Gasteiger charge is -2.16. The van der Waals surface area contributed by atoms with Gasteiger partial charge in [-0.15, -0.1) is 0 Å². The third-order valence-corrected chi connectivity index (χ3v) is 3.17. The standard InChI is InChI=1S/C13H18N2O/c14-9-12-6-7-15(10-12)13(16)8-11-4-2-1-3-5-11/h1-5,12H,6-10,14H2/t12-/m0/s1. The summed E-state index contributed by atoms with van der Waals surface area (Å²) in [5.74, 6) is 0.724. The van der Waals surface area contributed by atoms with E-state index in [4.69, 9.17) is 5.73 Å². The molecular weight excluding hydrogens is 200 g/mol. The maximum Gasteiger partial charge on any atom is 0.226 e. The summed E-state index contributed by atoms with van der Waals surface area (Å²) in [4.78, 5) is 13.9. The lowest BCUT2D eigenvalue weighted by Crippen LogP contribution is -2.31. The van der Waals surface area contributed by atoms with E-state index in [0.717, 1.165) is 25.1 Å². The van der Waals surface area contributed by atoms with Crippen LogP contribution in [0.2, 0.25) is 0 Å². The third kappa shape index (κ3) is 2.61. The number of rotatable bonds is 3. The molecule has 0 aromatic heterocycles. The number of benzene rings is 1. The number of hydrogen-bond acceptors (Lipinski definition) is 2. The molecule has 0 radical (unpaired) electrons. The second-order valence-electron chi connectivity index (χ2n) is 4.39. The summed E-state index contributed by atoms with van der Waals surface area (Å²) in [6.45, 7) is 2.39. The van der Waals surface area contributed by atoms with Crippen LogP contribution in [0.3, 0.4) is 0 Å². The largest absolute Gasteiger partial charge is 0.342 e. The van der Waals surface area contributed by atoms with Gasteiger partial charge in [-0.2, -0.15) is 0 Å². The van der Waals surface area contributed by atoms with Gasteiger partial charge in [-0.3, -0.25) is 4.79 Å². The van der Waals surface area contributed by atoms with Crippen molar-refractivity contribution in [2.75, 3.05) is 19.6 Å². The van der Waals surface area contributed by atoms with Crippen molar-refractivity contribution in [1.82, 2.24) is 4.90 Å². The van der Waals surface area contributed by atoms with Crippen LogP contribution in [-0.2, 0) is 11.2 Å². The highest BCUT2D eigenvalue weighted by Gasteiger charge is 2.24. The Bertz CT molecular complexity index is 350. The minimum Gasteiger partial charge on any atom is -0.342 e. The molecule has 1 aromatic carbocycles. The first-order chi connectivity index (χ1) is 7.79. The van der Waals surface area contributed by atoms with Crippen molar-refractivity contribution in [1.29, 1.82) is 0 Å². The Balaban J connectivity index is 1.90. The molecule has 2 rings (SSSR count). The molecule has 1 aromatic rings. The number of nitrogens with zero attached hydrogens (tertiary/aromatic N) is 1. The van der Waals surface area contributed by atoms with E-state index in [1.165, 1.54) is 0 Å². The molecule has 3 heteroatoms. The number of carbonyl (C=O) groups excluding carboxylic acids is 1. The van der Waals surface area contributed by atoms with Gasteiger partial charge in [0.1, 0.15) is 0 Å². The summed E-state index contributed by atoms with van der Waals surface area (Å²) in [5.41, 5.74) is 6.70. The van der Waals surface area contributed by atoms with Crippen LogP contribution in [0.1, 0.15) is 12.0 Å². The van der Waals surface area contributed by atoms with E-state index in [2.05, 4.69) is 0 Å². The normalized spacial score (nSPS) is 20.1. The molecule has 1 heterocycles. The zero-order chi connectivity index (χ0) is 11.4. The van der Waals surface area contributed by atoms with Gasteiger partial charge < -0.3 is 10.6 Å². The molecule has 0 bridgehead atoms. The van der Waals surface area contributed by atoms with E-state index in [1.54, 1.807) is 0 Å². The molecule has 0 unspecified atom stereocenters. The van der Waals surface area contributed by atoms with Crippen LogP contribution < -0.4 is 5.73 Å². The predicted molar refractivity (Wildman–Crippen MR) is 63.9 cm³/mol. The van der Waals surface area contributed by atoms with Gasteiger partial charge in [0.05, 0.1) is 6.42 Å². The monoisotopic (exact) mass is 218 g/mol. The van der Waals surface area contributed by atoms with Gasteiger partial charge in [0, 0.05) is 13.1 Å². The van der Waals surface area contributed by atoms with Crippen LogP contribution in [0.4, 0.5) is 0 Å². The minimum absolute atomic E-state index is 0.224. The first-order valence-electron chi connectivity index (χ1n) is 5.81. The van der Waals surface area contributed by atoms with Crippen LogP contribution in [0.15, 0.2) is 30.3 Å². The van der Waals surface area contributed by atoms with Crippen molar-refractivity contribution >= 4 is 5.91 Å². The maximum absolute atomic E-state index is 12.0. The summed E-state index contributed by atoms with van der Waals surface area (Å²) >= 11 is 0. The smallest absolute Gasteiger partial charge is 0.226 e. The molecule has 1 atom stereocenters. The van der Waals surface area contributed by atoms with E-state index in [-0.39, 0.29) is 5.91 Å². The second kappa shape index (κ2) is 5.12. The number of amides is 1. The van der Waals surface area contributed by atoms with E-state index in [0.29, 0.717) is 18.9 Å². The van der Waals surface area contributed by atoms with Crippen molar-refractivity contribution in [3.05, 3.63) is 35.9 Å². The topological polar surface area (TPSA) is 46.3 Å². The van der Waals surface area contributed by atoms with Gasteiger partial charge in [0.15, 0.2) is 0 Å². The van der Waals surface area contributed by atoms with Gasteiger partial charge in [0.2, 0.25) is 5.91 Å².